The third-order valence-corrected chi connectivity index (χ3v) is 4.37. The second-order valence-electron chi connectivity index (χ2n) is 3.86. The summed E-state index contributed by atoms with van der Waals surface area (Å²) >= 11 is 5.85. The molecule has 0 saturated heterocycles. The minimum atomic E-state index is -3.61. The zero-order valence-corrected chi connectivity index (χ0v) is 11.5. The van der Waals surface area contributed by atoms with Crippen LogP contribution >= 0.6 is 11.6 Å². The first-order chi connectivity index (χ1) is 8.99. The highest BCUT2D eigenvalue weighted by atomic mass is 35.5. The van der Waals surface area contributed by atoms with Crippen LogP contribution in [0.3, 0.4) is 0 Å². The maximum absolute atomic E-state index is 12.0. The molecule has 1 heterocycles. The van der Waals surface area contributed by atoms with Crippen molar-refractivity contribution in [2.24, 2.45) is 0 Å². The average Bonchev–Trinajstić information content (AvgIpc) is 2.75. The Hall–Kier alpha value is -1.57. The van der Waals surface area contributed by atoms with E-state index in [-0.39, 0.29) is 16.5 Å². The van der Waals surface area contributed by atoms with Gasteiger partial charge in [0.15, 0.2) is 0 Å². The van der Waals surface area contributed by atoms with Gasteiger partial charge >= 0.3 is 0 Å². The fourth-order valence-corrected chi connectivity index (χ4v) is 3.08. The zero-order chi connectivity index (χ0) is 13.9. The fraction of sp³-hybridized carbons (Fsp3) is 0.182. The number of nitrogens with one attached hydrogen (secondary N) is 1. The summed E-state index contributed by atoms with van der Waals surface area (Å²) in [7, 11) is -3.61. The van der Waals surface area contributed by atoms with Crippen LogP contribution in [-0.4, -0.2) is 24.7 Å². The number of hydrogen-bond acceptors (Lipinski definition) is 4. The molecule has 0 aliphatic rings. The molecule has 0 fully saturated rings. The van der Waals surface area contributed by atoms with Crippen LogP contribution in [-0.2, 0) is 16.6 Å². The fourth-order valence-electron chi connectivity index (χ4n) is 1.54. The van der Waals surface area contributed by atoms with E-state index in [1.165, 1.54) is 18.3 Å². The highest BCUT2D eigenvalue weighted by Gasteiger charge is 2.16. The third kappa shape index (κ3) is 3.46. The van der Waals surface area contributed by atoms with Crippen molar-refractivity contribution < 1.29 is 8.42 Å². The maximum Gasteiger partial charge on any atom is 0.242 e. The van der Waals surface area contributed by atoms with Gasteiger partial charge in [-0.2, -0.15) is 5.10 Å². The molecule has 1 aromatic heterocycles. The predicted molar refractivity (Wildman–Crippen MR) is 73.3 cm³/mol. The van der Waals surface area contributed by atoms with Gasteiger partial charge in [-0.05, 0) is 12.1 Å². The van der Waals surface area contributed by atoms with Gasteiger partial charge in [0.2, 0.25) is 10.0 Å². The molecule has 0 atom stereocenters. The first-order valence-corrected chi connectivity index (χ1v) is 7.37. The van der Waals surface area contributed by atoms with Crippen LogP contribution in [0.2, 0.25) is 5.02 Å². The maximum atomic E-state index is 12.0. The number of rotatable bonds is 5. The van der Waals surface area contributed by atoms with Gasteiger partial charge in [-0.1, -0.05) is 23.7 Å². The van der Waals surface area contributed by atoms with Crippen molar-refractivity contribution in [2.75, 3.05) is 12.3 Å². The van der Waals surface area contributed by atoms with Crippen molar-refractivity contribution in [1.29, 1.82) is 0 Å². The van der Waals surface area contributed by atoms with Crippen LogP contribution in [0.25, 0.3) is 0 Å². The second-order valence-corrected chi connectivity index (χ2v) is 6.01. The van der Waals surface area contributed by atoms with E-state index in [0.29, 0.717) is 12.2 Å². The SMILES string of the molecule is Nc1cnn(CCNS(=O)(=O)c2ccccc2Cl)c1. The van der Waals surface area contributed by atoms with E-state index in [1.807, 2.05) is 0 Å². The van der Waals surface area contributed by atoms with Crippen molar-refractivity contribution >= 4 is 27.3 Å². The number of halogens is 1. The van der Waals surface area contributed by atoms with Crippen molar-refractivity contribution in [2.45, 2.75) is 11.4 Å². The van der Waals surface area contributed by atoms with E-state index in [4.69, 9.17) is 17.3 Å². The van der Waals surface area contributed by atoms with E-state index in [0.717, 1.165) is 0 Å². The first-order valence-electron chi connectivity index (χ1n) is 5.51. The number of hydrogen-bond donors (Lipinski definition) is 2. The number of anilines is 1. The van der Waals surface area contributed by atoms with Crippen molar-refractivity contribution in [1.82, 2.24) is 14.5 Å². The van der Waals surface area contributed by atoms with Crippen molar-refractivity contribution in [3.8, 4) is 0 Å². The summed E-state index contributed by atoms with van der Waals surface area (Å²) in [6.45, 7) is 0.593. The van der Waals surface area contributed by atoms with E-state index in [2.05, 4.69) is 9.82 Å². The molecule has 8 heteroatoms. The molecule has 0 saturated carbocycles. The summed E-state index contributed by atoms with van der Waals surface area (Å²) in [5.74, 6) is 0. The van der Waals surface area contributed by atoms with Crippen LogP contribution < -0.4 is 10.5 Å². The molecule has 2 rings (SSSR count). The average molecular weight is 301 g/mol. The van der Waals surface area contributed by atoms with Gasteiger partial charge in [0.25, 0.3) is 0 Å². The Kier molecular flexibility index (Phi) is 4.08. The summed E-state index contributed by atoms with van der Waals surface area (Å²) in [6, 6.07) is 6.28. The molecule has 6 nitrogen and oxygen atoms in total. The normalized spacial score (nSPS) is 11.6. The molecule has 102 valence electrons. The number of sulfonamides is 1. The van der Waals surface area contributed by atoms with E-state index in [1.54, 1.807) is 23.0 Å². The second kappa shape index (κ2) is 5.60. The Bertz CT molecular complexity index is 669. The van der Waals surface area contributed by atoms with E-state index >= 15 is 0 Å². The topological polar surface area (TPSA) is 90.0 Å². The number of nitrogens with zero attached hydrogens (tertiary/aromatic N) is 2. The quantitative estimate of drug-likeness (QED) is 0.865. The Morgan fingerprint density at radius 3 is 2.74 bits per heavy atom. The number of aromatic nitrogens is 2. The van der Waals surface area contributed by atoms with Gasteiger partial charge in [-0.25, -0.2) is 13.1 Å². The first kappa shape index (κ1) is 13.9. The lowest BCUT2D eigenvalue weighted by Gasteiger charge is -2.08. The zero-order valence-electron chi connectivity index (χ0n) is 9.95. The summed E-state index contributed by atoms with van der Waals surface area (Å²) in [5.41, 5.74) is 6.04. The Labute approximate surface area is 116 Å². The monoisotopic (exact) mass is 300 g/mol. The molecule has 0 bridgehead atoms. The number of nitrogens with two attached hydrogens (primary N) is 1. The summed E-state index contributed by atoms with van der Waals surface area (Å²) in [4.78, 5) is 0.0663. The lowest BCUT2D eigenvalue weighted by Crippen LogP contribution is -2.27. The predicted octanol–water partition coefficient (Wildman–Crippen LogP) is 1.10. The van der Waals surface area contributed by atoms with Crippen LogP contribution in [0.15, 0.2) is 41.6 Å². The molecule has 2 aromatic rings. The minimum absolute atomic E-state index is 0.0663. The minimum Gasteiger partial charge on any atom is -0.396 e. The molecule has 0 aliphatic carbocycles. The Morgan fingerprint density at radius 2 is 2.11 bits per heavy atom. The molecule has 0 radical (unpaired) electrons. The van der Waals surface area contributed by atoms with Crippen LogP contribution in [0.5, 0.6) is 0 Å². The van der Waals surface area contributed by atoms with Gasteiger partial charge in [-0.3, -0.25) is 4.68 Å². The molecular weight excluding hydrogens is 288 g/mol. The highest BCUT2D eigenvalue weighted by Crippen LogP contribution is 2.19. The van der Waals surface area contributed by atoms with Crippen LogP contribution in [0.4, 0.5) is 5.69 Å². The van der Waals surface area contributed by atoms with Crippen molar-refractivity contribution in [3.63, 3.8) is 0 Å². The summed E-state index contributed by atoms with van der Waals surface area (Å²) < 4.78 is 28.0. The molecule has 19 heavy (non-hydrogen) atoms. The Morgan fingerprint density at radius 1 is 1.37 bits per heavy atom. The standard InChI is InChI=1S/C11H13ClN4O2S/c12-10-3-1-2-4-11(10)19(17,18)15-5-6-16-8-9(13)7-14-16/h1-4,7-8,15H,5-6,13H2. The Balaban J connectivity index is 2.01. The molecule has 0 aliphatic heterocycles. The van der Waals surface area contributed by atoms with Gasteiger partial charge in [0.1, 0.15) is 4.90 Å². The van der Waals surface area contributed by atoms with Crippen LogP contribution in [0, 0.1) is 0 Å². The van der Waals surface area contributed by atoms with Gasteiger partial charge in [0.05, 0.1) is 23.5 Å². The molecule has 0 unspecified atom stereocenters. The summed E-state index contributed by atoms with van der Waals surface area (Å²) in [6.07, 6.45) is 3.13. The number of benzene rings is 1. The number of nitrogen functional groups attached to an aromatic ring is 1. The smallest absolute Gasteiger partial charge is 0.242 e. The van der Waals surface area contributed by atoms with Gasteiger partial charge in [0, 0.05) is 12.7 Å². The molecule has 3 N–H and O–H groups in total. The van der Waals surface area contributed by atoms with E-state index in [9.17, 15) is 8.42 Å². The molecule has 1 aromatic carbocycles. The molecular formula is C11H13ClN4O2S. The summed E-state index contributed by atoms with van der Waals surface area (Å²) in [5, 5.41) is 4.15. The van der Waals surface area contributed by atoms with E-state index < -0.39 is 10.0 Å². The van der Waals surface area contributed by atoms with Crippen LogP contribution in [0.1, 0.15) is 0 Å². The largest absolute Gasteiger partial charge is 0.396 e. The molecule has 0 spiro atoms. The highest BCUT2D eigenvalue weighted by molar-refractivity contribution is 7.89. The molecule has 0 amide bonds. The van der Waals surface area contributed by atoms with Gasteiger partial charge in [-0.15, -0.1) is 0 Å². The lowest BCUT2D eigenvalue weighted by atomic mass is 10.4. The van der Waals surface area contributed by atoms with Crippen molar-refractivity contribution in [3.05, 3.63) is 41.7 Å². The third-order valence-electron chi connectivity index (χ3n) is 2.41. The van der Waals surface area contributed by atoms with Gasteiger partial charge < -0.3 is 5.73 Å². The lowest BCUT2D eigenvalue weighted by molar-refractivity contribution is 0.561.